The number of hydrogen-bond donors (Lipinski definition) is 0. The molecule has 80 valence electrons. The summed E-state index contributed by atoms with van der Waals surface area (Å²) in [6.07, 6.45) is 16.8. The Morgan fingerprint density at radius 1 is 1.13 bits per heavy atom. The van der Waals surface area contributed by atoms with Crippen molar-refractivity contribution >= 4 is 0 Å². The Bertz CT molecular complexity index is 380. The van der Waals surface area contributed by atoms with Gasteiger partial charge in [0.2, 0.25) is 0 Å². The van der Waals surface area contributed by atoms with E-state index in [-0.39, 0.29) is 14.9 Å². The van der Waals surface area contributed by atoms with Gasteiger partial charge in [-0.25, -0.2) is 0 Å². The number of hydrogen-bond acceptors (Lipinski definition) is 0. The van der Waals surface area contributed by atoms with Crippen LogP contribution in [0.2, 0.25) is 0 Å². The van der Waals surface area contributed by atoms with Gasteiger partial charge in [0, 0.05) is 0 Å². The zero-order valence-corrected chi connectivity index (χ0v) is 7.70. The van der Waals surface area contributed by atoms with Crippen molar-refractivity contribution in [2.24, 2.45) is 5.92 Å². The van der Waals surface area contributed by atoms with Crippen molar-refractivity contribution in [3.05, 3.63) is 65.5 Å². The summed E-state index contributed by atoms with van der Waals surface area (Å²) in [6.45, 7) is 2.19. The van der Waals surface area contributed by atoms with Crippen LogP contribution in [-0.2, 0) is 0 Å². The summed E-state index contributed by atoms with van der Waals surface area (Å²) in [6, 6.07) is 0. The molecule has 0 fully saturated rings. The number of allylic oxidation sites excluding steroid dienone is 9. The lowest BCUT2D eigenvalue weighted by Crippen LogP contribution is -1.85. The summed E-state index contributed by atoms with van der Waals surface area (Å²) in [5, 5.41) is 0. The van der Waals surface area contributed by atoms with Crippen LogP contribution in [0.4, 0.5) is 0 Å². The summed E-state index contributed by atoms with van der Waals surface area (Å²) in [4.78, 5) is 0. The Labute approximate surface area is 93.7 Å². The Morgan fingerprint density at radius 3 is 2.73 bits per heavy atom. The average Bonchev–Trinajstić information content (AvgIpc) is 2.38. The maximum atomic E-state index is 3.11. The largest absolute Gasteiger partial charge is 0.120 e. The van der Waals surface area contributed by atoms with Crippen LogP contribution in [0.3, 0.4) is 0 Å². The van der Waals surface area contributed by atoms with Crippen molar-refractivity contribution in [1.29, 1.82) is 0 Å². The normalized spacial score (nSPS) is 21.3. The Balaban J connectivity index is 0.000000980. The predicted molar refractivity (Wildman–Crippen MR) is 69.7 cm³/mol. The molecule has 0 amide bonds. The third-order valence-corrected chi connectivity index (χ3v) is 2.17. The van der Waals surface area contributed by atoms with Gasteiger partial charge in [0.25, 0.3) is 0 Å². The first-order valence-electron chi connectivity index (χ1n) is 4.56. The molecule has 0 radical (unpaired) electrons. The van der Waals surface area contributed by atoms with Crippen LogP contribution in [0.25, 0.3) is 0 Å². The highest BCUT2D eigenvalue weighted by atomic mass is 14.1. The third kappa shape index (κ3) is 3.27. The molecule has 0 N–H and O–H groups in total. The molecule has 0 spiro atoms. The van der Waals surface area contributed by atoms with E-state index in [0.29, 0.717) is 5.92 Å². The van der Waals surface area contributed by atoms with E-state index in [0.717, 1.165) is 0 Å². The quantitative estimate of drug-likeness (QED) is 0.501. The van der Waals surface area contributed by atoms with Crippen LogP contribution in [-0.4, -0.2) is 0 Å². The highest BCUT2D eigenvalue weighted by molar-refractivity contribution is 5.51. The smallest absolute Gasteiger partial charge is 0.00695 e. The maximum absolute atomic E-state index is 3.11. The SMILES string of the molecule is C.C.C[C@@H]1C=CC=C2C=C=CC=CC2=C1. The van der Waals surface area contributed by atoms with E-state index >= 15 is 0 Å². The zero-order chi connectivity index (χ0) is 9.10. The van der Waals surface area contributed by atoms with E-state index in [1.54, 1.807) is 0 Å². The molecule has 0 unspecified atom stereocenters. The molecule has 0 heteroatoms. The van der Waals surface area contributed by atoms with Gasteiger partial charge in [-0.15, -0.1) is 5.73 Å². The highest BCUT2D eigenvalue weighted by Crippen LogP contribution is 2.21. The zero-order valence-electron chi connectivity index (χ0n) is 7.70. The van der Waals surface area contributed by atoms with Crippen molar-refractivity contribution in [3.8, 4) is 0 Å². The van der Waals surface area contributed by atoms with Gasteiger partial charge in [-0.1, -0.05) is 58.2 Å². The number of rotatable bonds is 0. The minimum Gasteiger partial charge on any atom is -0.120 e. The van der Waals surface area contributed by atoms with E-state index in [9.17, 15) is 0 Å². The fourth-order valence-electron chi connectivity index (χ4n) is 1.49. The molecule has 1 atom stereocenters. The molecular formula is C15H20. The fourth-order valence-corrected chi connectivity index (χ4v) is 1.49. The van der Waals surface area contributed by atoms with E-state index in [1.165, 1.54) is 11.1 Å². The molecule has 2 aliphatic rings. The summed E-state index contributed by atoms with van der Waals surface area (Å²) in [5.74, 6) is 0.514. The second-order valence-electron chi connectivity index (χ2n) is 3.32. The van der Waals surface area contributed by atoms with E-state index < -0.39 is 0 Å². The van der Waals surface area contributed by atoms with Gasteiger partial charge in [-0.05, 0) is 29.2 Å². The molecule has 0 aromatic heterocycles. The summed E-state index contributed by atoms with van der Waals surface area (Å²) < 4.78 is 0. The van der Waals surface area contributed by atoms with Crippen molar-refractivity contribution in [3.63, 3.8) is 0 Å². The molecular weight excluding hydrogens is 180 g/mol. The molecule has 0 heterocycles. The van der Waals surface area contributed by atoms with Crippen LogP contribution in [0.15, 0.2) is 65.5 Å². The Morgan fingerprint density at radius 2 is 1.93 bits per heavy atom. The van der Waals surface area contributed by atoms with Crippen molar-refractivity contribution < 1.29 is 0 Å². The molecule has 0 aromatic rings. The molecule has 0 nitrogen and oxygen atoms in total. The fraction of sp³-hybridized carbons (Fsp3) is 0.267. The minimum absolute atomic E-state index is 0. The molecule has 15 heavy (non-hydrogen) atoms. The first-order chi connectivity index (χ1) is 6.36. The second kappa shape index (κ2) is 6.06. The van der Waals surface area contributed by atoms with Gasteiger partial charge in [0.05, 0.1) is 0 Å². The molecule has 0 saturated carbocycles. The number of fused-ring (bicyclic) bond motifs is 1. The average molecular weight is 200 g/mol. The first-order valence-corrected chi connectivity index (χ1v) is 4.56. The van der Waals surface area contributed by atoms with Crippen molar-refractivity contribution in [2.75, 3.05) is 0 Å². The molecule has 0 bridgehead atoms. The topological polar surface area (TPSA) is 0 Å². The maximum Gasteiger partial charge on any atom is -0.00695 e. The lowest BCUT2D eigenvalue weighted by molar-refractivity contribution is 0.936. The predicted octanol–water partition coefficient (Wildman–Crippen LogP) is 4.60. The van der Waals surface area contributed by atoms with Crippen LogP contribution >= 0.6 is 0 Å². The molecule has 2 aliphatic carbocycles. The lowest BCUT2D eigenvalue weighted by atomic mass is 10.0. The lowest BCUT2D eigenvalue weighted by Gasteiger charge is -2.01. The Kier molecular flexibility index (Phi) is 5.44. The van der Waals surface area contributed by atoms with Gasteiger partial charge in [0.15, 0.2) is 0 Å². The first kappa shape index (κ1) is 13.5. The molecule has 0 saturated heterocycles. The van der Waals surface area contributed by atoms with Crippen LogP contribution in [0, 0.1) is 5.92 Å². The summed E-state index contributed by atoms with van der Waals surface area (Å²) in [7, 11) is 0. The highest BCUT2D eigenvalue weighted by Gasteiger charge is 2.03. The van der Waals surface area contributed by atoms with E-state index in [1.807, 2.05) is 18.2 Å². The van der Waals surface area contributed by atoms with Crippen LogP contribution < -0.4 is 0 Å². The molecule has 2 rings (SSSR count). The van der Waals surface area contributed by atoms with E-state index in [4.69, 9.17) is 0 Å². The third-order valence-electron chi connectivity index (χ3n) is 2.17. The monoisotopic (exact) mass is 200 g/mol. The van der Waals surface area contributed by atoms with Gasteiger partial charge < -0.3 is 0 Å². The van der Waals surface area contributed by atoms with Gasteiger partial charge >= 0.3 is 0 Å². The standard InChI is InChI=1S/C13H12.2CH4/c1-11-6-5-9-12-7-3-2-4-8-13(12)10-11;;/h2,4-11H,1H3;2*1H4/t11-;;/m1../s1. The van der Waals surface area contributed by atoms with Crippen LogP contribution in [0.1, 0.15) is 21.8 Å². The minimum atomic E-state index is 0. The molecule has 0 aliphatic heterocycles. The van der Waals surface area contributed by atoms with E-state index in [2.05, 4.69) is 43.0 Å². The molecule has 0 aromatic carbocycles. The second-order valence-corrected chi connectivity index (χ2v) is 3.32. The van der Waals surface area contributed by atoms with Gasteiger partial charge in [-0.3, -0.25) is 0 Å². The summed E-state index contributed by atoms with van der Waals surface area (Å²) in [5.41, 5.74) is 5.64. The van der Waals surface area contributed by atoms with Crippen LogP contribution in [0.5, 0.6) is 0 Å². The summed E-state index contributed by atoms with van der Waals surface area (Å²) >= 11 is 0. The van der Waals surface area contributed by atoms with Gasteiger partial charge in [-0.2, -0.15) is 0 Å². The van der Waals surface area contributed by atoms with Gasteiger partial charge in [0.1, 0.15) is 0 Å². The van der Waals surface area contributed by atoms with Crippen molar-refractivity contribution in [1.82, 2.24) is 0 Å². The Hall–Kier alpha value is -1.52. The van der Waals surface area contributed by atoms with Crippen molar-refractivity contribution in [2.45, 2.75) is 21.8 Å².